The number of carbonyl (C=O) groups excluding carboxylic acids is 2. The van der Waals surface area contributed by atoms with Crippen LogP contribution in [-0.2, 0) is 14.3 Å². The molecule has 1 aliphatic heterocycles. The summed E-state index contributed by atoms with van der Waals surface area (Å²) in [7, 11) is 0. The number of ketones is 1. The van der Waals surface area contributed by atoms with Crippen molar-refractivity contribution in [2.75, 3.05) is 0 Å². The lowest BCUT2D eigenvalue weighted by atomic mass is 9.76. The molecule has 3 fully saturated rings. The first-order chi connectivity index (χ1) is 11.2. The summed E-state index contributed by atoms with van der Waals surface area (Å²) >= 11 is 0. The summed E-state index contributed by atoms with van der Waals surface area (Å²) in [6, 6.07) is 0. The molecule has 3 aliphatic rings. The predicted molar refractivity (Wildman–Crippen MR) is 90.1 cm³/mol. The summed E-state index contributed by atoms with van der Waals surface area (Å²) < 4.78 is 5.86. The van der Waals surface area contributed by atoms with Crippen LogP contribution in [0.3, 0.4) is 0 Å². The molecule has 0 bridgehead atoms. The number of Topliss-reactive ketones (excluding diaryl/α,β-unsaturated/α-hetero) is 1. The molecule has 0 radical (unpaired) electrons. The quantitative estimate of drug-likeness (QED) is 0.394. The molecule has 3 heteroatoms. The molecule has 130 valence electrons. The molecule has 1 atom stereocenters. The molecule has 1 unspecified atom stereocenters. The van der Waals surface area contributed by atoms with Gasteiger partial charge < -0.3 is 4.74 Å². The van der Waals surface area contributed by atoms with E-state index in [1.54, 1.807) is 0 Å². The van der Waals surface area contributed by atoms with Crippen LogP contribution in [0.15, 0.2) is 0 Å². The highest BCUT2D eigenvalue weighted by atomic mass is 16.6. The van der Waals surface area contributed by atoms with Gasteiger partial charge in [-0.05, 0) is 37.5 Å². The molecule has 1 saturated heterocycles. The monoisotopic (exact) mass is 320 g/mol. The van der Waals surface area contributed by atoms with Crippen LogP contribution in [-0.4, -0.2) is 17.4 Å². The Hall–Kier alpha value is -0.860. The van der Waals surface area contributed by atoms with E-state index in [0.29, 0.717) is 12.3 Å². The zero-order valence-electron chi connectivity index (χ0n) is 14.5. The smallest absolute Gasteiger partial charge is 0.313 e. The summed E-state index contributed by atoms with van der Waals surface area (Å²) in [5.74, 6) is 1.16. The first-order valence-electron chi connectivity index (χ1n) is 9.91. The van der Waals surface area contributed by atoms with Crippen molar-refractivity contribution < 1.29 is 14.3 Å². The molecule has 3 nitrogen and oxygen atoms in total. The van der Waals surface area contributed by atoms with Crippen molar-refractivity contribution in [1.82, 2.24) is 0 Å². The van der Waals surface area contributed by atoms with E-state index >= 15 is 0 Å². The molecule has 0 aromatic rings. The second-order valence-corrected chi connectivity index (χ2v) is 8.16. The second-order valence-electron chi connectivity index (χ2n) is 8.16. The normalized spacial score (nSPS) is 30.6. The number of unbranched alkanes of at least 4 members (excludes halogenated alkanes) is 1. The van der Waals surface area contributed by atoms with Gasteiger partial charge in [-0.15, -0.1) is 0 Å². The zero-order valence-corrected chi connectivity index (χ0v) is 14.5. The van der Waals surface area contributed by atoms with Gasteiger partial charge in [-0.3, -0.25) is 9.59 Å². The molecule has 0 aromatic heterocycles. The Morgan fingerprint density at radius 3 is 2.30 bits per heavy atom. The van der Waals surface area contributed by atoms with E-state index in [1.807, 2.05) is 0 Å². The minimum absolute atomic E-state index is 0.00343. The first-order valence-corrected chi connectivity index (χ1v) is 9.91. The van der Waals surface area contributed by atoms with Crippen molar-refractivity contribution in [3.05, 3.63) is 0 Å². The highest BCUT2D eigenvalue weighted by molar-refractivity contribution is 5.98. The minimum atomic E-state index is -0.449. The van der Waals surface area contributed by atoms with Crippen LogP contribution < -0.4 is 0 Å². The SMILES string of the molecule is O=C1CC(=O)OC(CCCCC2CCCCC2)(C2CCCC2)C1. The van der Waals surface area contributed by atoms with Gasteiger partial charge in [-0.2, -0.15) is 0 Å². The number of ether oxygens (including phenoxy) is 1. The van der Waals surface area contributed by atoms with E-state index in [9.17, 15) is 9.59 Å². The topological polar surface area (TPSA) is 43.4 Å². The Morgan fingerprint density at radius 2 is 1.61 bits per heavy atom. The highest BCUT2D eigenvalue weighted by Gasteiger charge is 2.47. The lowest BCUT2D eigenvalue weighted by molar-refractivity contribution is -0.178. The predicted octanol–water partition coefficient (Wildman–Crippen LogP) is 4.96. The van der Waals surface area contributed by atoms with Gasteiger partial charge in [0.25, 0.3) is 0 Å². The van der Waals surface area contributed by atoms with Crippen molar-refractivity contribution in [3.8, 4) is 0 Å². The van der Waals surface area contributed by atoms with E-state index in [-0.39, 0.29) is 18.2 Å². The third kappa shape index (κ3) is 4.36. The van der Waals surface area contributed by atoms with Gasteiger partial charge >= 0.3 is 5.97 Å². The van der Waals surface area contributed by atoms with Crippen LogP contribution in [0.4, 0.5) is 0 Å². The number of cyclic esters (lactones) is 1. The van der Waals surface area contributed by atoms with Crippen molar-refractivity contribution >= 4 is 11.8 Å². The lowest BCUT2D eigenvalue weighted by Gasteiger charge is -2.41. The number of rotatable bonds is 6. The van der Waals surface area contributed by atoms with Crippen LogP contribution in [0.1, 0.15) is 96.3 Å². The molecule has 2 aliphatic carbocycles. The van der Waals surface area contributed by atoms with Crippen molar-refractivity contribution in [2.24, 2.45) is 11.8 Å². The number of hydrogen-bond donors (Lipinski definition) is 0. The van der Waals surface area contributed by atoms with Gasteiger partial charge in [0.05, 0.1) is 0 Å². The van der Waals surface area contributed by atoms with Gasteiger partial charge in [0, 0.05) is 6.42 Å². The van der Waals surface area contributed by atoms with Gasteiger partial charge in [0.1, 0.15) is 17.8 Å². The Balaban J connectivity index is 1.53. The van der Waals surface area contributed by atoms with Crippen molar-refractivity contribution in [1.29, 1.82) is 0 Å². The molecule has 1 heterocycles. The third-order valence-electron chi connectivity index (χ3n) is 6.44. The van der Waals surface area contributed by atoms with Crippen LogP contribution >= 0.6 is 0 Å². The summed E-state index contributed by atoms with van der Waals surface area (Å²) in [6.45, 7) is 0. The largest absolute Gasteiger partial charge is 0.458 e. The second kappa shape index (κ2) is 7.81. The number of esters is 1. The molecule has 0 spiro atoms. The fourth-order valence-electron chi connectivity index (χ4n) is 5.21. The Kier molecular flexibility index (Phi) is 5.76. The average Bonchev–Trinajstić information content (AvgIpc) is 3.07. The summed E-state index contributed by atoms with van der Waals surface area (Å²) in [4.78, 5) is 23.9. The minimum Gasteiger partial charge on any atom is -0.458 e. The Labute approximate surface area is 140 Å². The maximum Gasteiger partial charge on any atom is 0.313 e. The van der Waals surface area contributed by atoms with Gasteiger partial charge in [-0.1, -0.05) is 57.8 Å². The van der Waals surface area contributed by atoms with E-state index in [4.69, 9.17) is 4.74 Å². The van der Waals surface area contributed by atoms with E-state index < -0.39 is 5.60 Å². The first kappa shape index (κ1) is 17.0. The molecule has 0 amide bonds. The fourth-order valence-corrected chi connectivity index (χ4v) is 5.21. The van der Waals surface area contributed by atoms with E-state index in [0.717, 1.165) is 31.6 Å². The average molecular weight is 320 g/mol. The van der Waals surface area contributed by atoms with Crippen molar-refractivity contribution in [2.45, 2.75) is 102 Å². The number of hydrogen-bond acceptors (Lipinski definition) is 3. The van der Waals surface area contributed by atoms with Gasteiger partial charge in [0.2, 0.25) is 0 Å². The molecular weight excluding hydrogens is 288 g/mol. The van der Waals surface area contributed by atoms with Crippen LogP contribution in [0.2, 0.25) is 0 Å². The maximum absolute atomic E-state index is 12.0. The van der Waals surface area contributed by atoms with Crippen LogP contribution in [0, 0.1) is 11.8 Å². The molecule has 0 N–H and O–H groups in total. The highest BCUT2D eigenvalue weighted by Crippen LogP contribution is 2.44. The number of carbonyl (C=O) groups is 2. The molecule has 23 heavy (non-hydrogen) atoms. The lowest BCUT2D eigenvalue weighted by Crippen LogP contribution is -2.47. The van der Waals surface area contributed by atoms with E-state index in [2.05, 4.69) is 0 Å². The molecule has 0 aromatic carbocycles. The van der Waals surface area contributed by atoms with Gasteiger partial charge in [0.15, 0.2) is 0 Å². The van der Waals surface area contributed by atoms with Crippen molar-refractivity contribution in [3.63, 3.8) is 0 Å². The zero-order chi connectivity index (χ0) is 16.1. The van der Waals surface area contributed by atoms with Crippen LogP contribution in [0.5, 0.6) is 0 Å². The Morgan fingerprint density at radius 1 is 0.913 bits per heavy atom. The molecular formula is C20H32O3. The summed E-state index contributed by atoms with van der Waals surface area (Å²) in [6.07, 6.45) is 16.8. The maximum atomic E-state index is 12.0. The summed E-state index contributed by atoms with van der Waals surface area (Å²) in [5, 5.41) is 0. The molecule has 2 saturated carbocycles. The van der Waals surface area contributed by atoms with E-state index in [1.165, 1.54) is 57.8 Å². The van der Waals surface area contributed by atoms with Gasteiger partial charge in [-0.25, -0.2) is 0 Å². The third-order valence-corrected chi connectivity index (χ3v) is 6.44. The van der Waals surface area contributed by atoms with Crippen LogP contribution in [0.25, 0.3) is 0 Å². The summed E-state index contributed by atoms with van der Waals surface area (Å²) in [5.41, 5.74) is -0.449. The standard InChI is InChI=1S/C20H32O3/c21-18-14-19(22)23-20(15-18,17-11-4-5-12-17)13-7-6-10-16-8-2-1-3-9-16/h16-17H,1-15H2. The molecule has 3 rings (SSSR count). The fraction of sp³-hybridized carbons (Fsp3) is 0.900. The Bertz CT molecular complexity index is 401.